The summed E-state index contributed by atoms with van der Waals surface area (Å²) in [4.78, 5) is 4.08. The Morgan fingerprint density at radius 2 is 2.27 bits per heavy atom. The van der Waals surface area contributed by atoms with Gasteiger partial charge >= 0.3 is 0 Å². The number of benzene rings is 1. The van der Waals surface area contributed by atoms with Crippen molar-refractivity contribution in [2.75, 3.05) is 12.0 Å². The zero-order valence-electron chi connectivity index (χ0n) is 12.7. The molecule has 0 bridgehead atoms. The number of aromatic nitrogens is 1. The molecule has 0 aliphatic heterocycles. The van der Waals surface area contributed by atoms with Crippen molar-refractivity contribution in [3.8, 4) is 11.5 Å². The summed E-state index contributed by atoms with van der Waals surface area (Å²) >= 11 is 7.77. The minimum Gasteiger partial charge on any atom is -0.490 e. The van der Waals surface area contributed by atoms with Crippen LogP contribution in [0, 0.1) is 0 Å². The molecule has 0 amide bonds. The Morgan fingerprint density at radius 3 is 2.91 bits per heavy atom. The molecule has 0 aliphatic rings. The summed E-state index contributed by atoms with van der Waals surface area (Å²) in [6, 6.07) is 3.63. The van der Waals surface area contributed by atoms with Crippen LogP contribution in [0.3, 0.4) is 0 Å². The Bertz CT molecular complexity index is 630. The molecule has 1 heterocycles. The second-order valence-electron chi connectivity index (χ2n) is 4.64. The predicted molar refractivity (Wildman–Crippen MR) is 91.7 cm³/mol. The number of hydrazone groups is 1. The minimum atomic E-state index is 0.0165. The van der Waals surface area contributed by atoms with Gasteiger partial charge in [-0.05, 0) is 38.5 Å². The van der Waals surface area contributed by atoms with Crippen molar-refractivity contribution in [1.82, 2.24) is 4.98 Å². The molecule has 0 aliphatic carbocycles. The molecule has 7 heteroatoms. The van der Waals surface area contributed by atoms with E-state index in [-0.39, 0.29) is 6.10 Å². The van der Waals surface area contributed by atoms with Crippen LogP contribution in [0.15, 0.2) is 28.8 Å². The molecule has 2 aromatic rings. The van der Waals surface area contributed by atoms with Crippen LogP contribution in [-0.2, 0) is 0 Å². The van der Waals surface area contributed by atoms with Crippen molar-refractivity contribution in [2.45, 2.75) is 26.9 Å². The van der Waals surface area contributed by atoms with Gasteiger partial charge < -0.3 is 9.47 Å². The third-order valence-corrected chi connectivity index (χ3v) is 3.45. The third kappa shape index (κ3) is 4.61. The van der Waals surface area contributed by atoms with Crippen LogP contribution < -0.4 is 14.9 Å². The highest BCUT2D eigenvalue weighted by atomic mass is 35.5. The molecular formula is C15H18ClN3O2S. The molecule has 0 fully saturated rings. The molecule has 118 valence electrons. The van der Waals surface area contributed by atoms with Gasteiger partial charge in [0.2, 0.25) is 5.13 Å². The SMILES string of the molecule is CCOc1cc(/C=N\Nc2nccs2)cc(Cl)c1OC(C)C. The molecule has 0 unspecified atom stereocenters. The second kappa shape index (κ2) is 8.00. The Hall–Kier alpha value is -1.79. The first-order chi connectivity index (χ1) is 10.6. The number of nitrogens with one attached hydrogen (secondary N) is 1. The summed E-state index contributed by atoms with van der Waals surface area (Å²) in [7, 11) is 0. The molecule has 0 saturated heterocycles. The fraction of sp³-hybridized carbons (Fsp3) is 0.333. The van der Waals surface area contributed by atoms with Crippen LogP contribution in [0.1, 0.15) is 26.3 Å². The molecule has 0 saturated carbocycles. The van der Waals surface area contributed by atoms with Gasteiger partial charge in [0.1, 0.15) is 0 Å². The Labute approximate surface area is 138 Å². The maximum absolute atomic E-state index is 6.30. The van der Waals surface area contributed by atoms with E-state index in [1.165, 1.54) is 11.3 Å². The Kier molecular flexibility index (Phi) is 6.03. The lowest BCUT2D eigenvalue weighted by Crippen LogP contribution is -2.08. The first-order valence-corrected chi connectivity index (χ1v) is 8.17. The van der Waals surface area contributed by atoms with Crippen molar-refractivity contribution in [3.05, 3.63) is 34.3 Å². The Morgan fingerprint density at radius 1 is 1.45 bits per heavy atom. The van der Waals surface area contributed by atoms with Crippen LogP contribution in [0.25, 0.3) is 0 Å². The van der Waals surface area contributed by atoms with E-state index in [4.69, 9.17) is 21.1 Å². The lowest BCUT2D eigenvalue weighted by atomic mass is 10.2. The van der Waals surface area contributed by atoms with Crippen LogP contribution in [0.2, 0.25) is 5.02 Å². The summed E-state index contributed by atoms with van der Waals surface area (Å²) in [6.45, 7) is 6.33. The molecule has 1 N–H and O–H groups in total. The average molecular weight is 340 g/mol. The van der Waals surface area contributed by atoms with Crippen LogP contribution in [0.4, 0.5) is 5.13 Å². The Balaban J connectivity index is 2.19. The van der Waals surface area contributed by atoms with Crippen LogP contribution in [-0.4, -0.2) is 23.9 Å². The number of halogens is 1. The van der Waals surface area contributed by atoms with Crippen molar-refractivity contribution in [2.24, 2.45) is 5.10 Å². The first-order valence-electron chi connectivity index (χ1n) is 6.91. The van der Waals surface area contributed by atoms with E-state index in [0.717, 1.165) is 10.7 Å². The standard InChI is InChI=1S/C15H18ClN3O2S/c1-4-20-13-8-11(7-12(16)14(13)21-10(2)3)9-18-19-15-17-5-6-22-15/h5-10H,4H2,1-3H3,(H,17,19)/b18-9-. The smallest absolute Gasteiger partial charge is 0.203 e. The van der Waals surface area contributed by atoms with Crippen molar-refractivity contribution >= 4 is 34.3 Å². The van der Waals surface area contributed by atoms with Gasteiger partial charge in [-0.1, -0.05) is 11.6 Å². The van der Waals surface area contributed by atoms with Gasteiger partial charge in [-0.15, -0.1) is 11.3 Å². The number of rotatable bonds is 7. The van der Waals surface area contributed by atoms with Gasteiger partial charge in [-0.2, -0.15) is 5.10 Å². The van der Waals surface area contributed by atoms with Gasteiger partial charge in [0.05, 0.1) is 23.9 Å². The molecule has 2 rings (SSSR count). The number of hydrogen-bond donors (Lipinski definition) is 1. The van der Waals surface area contributed by atoms with E-state index in [1.807, 2.05) is 32.2 Å². The molecule has 0 atom stereocenters. The predicted octanol–water partition coefficient (Wildman–Crippen LogP) is 4.43. The molecule has 0 radical (unpaired) electrons. The molecule has 22 heavy (non-hydrogen) atoms. The highest BCUT2D eigenvalue weighted by molar-refractivity contribution is 7.13. The monoisotopic (exact) mass is 339 g/mol. The van der Waals surface area contributed by atoms with E-state index in [1.54, 1.807) is 18.5 Å². The number of ether oxygens (including phenoxy) is 2. The molecule has 1 aromatic carbocycles. The summed E-state index contributed by atoms with van der Waals surface area (Å²) in [5, 5.41) is 7.23. The number of nitrogens with zero attached hydrogens (tertiary/aromatic N) is 2. The highest BCUT2D eigenvalue weighted by Crippen LogP contribution is 2.37. The third-order valence-electron chi connectivity index (χ3n) is 2.49. The summed E-state index contributed by atoms with van der Waals surface area (Å²) in [5.41, 5.74) is 3.67. The van der Waals surface area contributed by atoms with Crippen LogP contribution in [0.5, 0.6) is 11.5 Å². The number of hydrogen-bond acceptors (Lipinski definition) is 6. The highest BCUT2D eigenvalue weighted by Gasteiger charge is 2.13. The van der Waals surface area contributed by atoms with Gasteiger partial charge in [0.25, 0.3) is 0 Å². The zero-order valence-corrected chi connectivity index (χ0v) is 14.2. The molecular weight excluding hydrogens is 322 g/mol. The fourth-order valence-corrected chi connectivity index (χ4v) is 2.46. The molecule has 0 spiro atoms. The van der Waals surface area contributed by atoms with E-state index in [9.17, 15) is 0 Å². The van der Waals surface area contributed by atoms with E-state index in [2.05, 4.69) is 15.5 Å². The largest absolute Gasteiger partial charge is 0.490 e. The minimum absolute atomic E-state index is 0.0165. The van der Waals surface area contributed by atoms with Crippen LogP contribution >= 0.6 is 22.9 Å². The van der Waals surface area contributed by atoms with Gasteiger partial charge in [-0.25, -0.2) is 4.98 Å². The lowest BCUT2D eigenvalue weighted by Gasteiger charge is -2.16. The second-order valence-corrected chi connectivity index (χ2v) is 5.94. The van der Waals surface area contributed by atoms with E-state index >= 15 is 0 Å². The van der Waals surface area contributed by atoms with Crippen molar-refractivity contribution < 1.29 is 9.47 Å². The maximum Gasteiger partial charge on any atom is 0.203 e. The van der Waals surface area contributed by atoms with Gasteiger partial charge in [-0.3, -0.25) is 5.43 Å². The quantitative estimate of drug-likeness (QED) is 0.599. The normalized spacial score (nSPS) is 11.1. The average Bonchev–Trinajstić information content (AvgIpc) is 2.96. The number of anilines is 1. The lowest BCUT2D eigenvalue weighted by molar-refractivity contribution is 0.224. The molecule has 1 aromatic heterocycles. The summed E-state index contributed by atoms with van der Waals surface area (Å²) < 4.78 is 11.3. The van der Waals surface area contributed by atoms with Gasteiger partial charge in [0, 0.05) is 11.6 Å². The summed E-state index contributed by atoms with van der Waals surface area (Å²) in [6.07, 6.45) is 3.39. The van der Waals surface area contributed by atoms with E-state index < -0.39 is 0 Å². The van der Waals surface area contributed by atoms with Crippen molar-refractivity contribution in [3.63, 3.8) is 0 Å². The summed E-state index contributed by atoms with van der Waals surface area (Å²) in [5.74, 6) is 1.17. The van der Waals surface area contributed by atoms with Crippen molar-refractivity contribution in [1.29, 1.82) is 0 Å². The first kappa shape index (κ1) is 16.6. The zero-order chi connectivity index (χ0) is 15.9. The van der Waals surface area contributed by atoms with Gasteiger partial charge in [0.15, 0.2) is 11.5 Å². The number of thiazole rings is 1. The maximum atomic E-state index is 6.30. The topological polar surface area (TPSA) is 55.7 Å². The van der Waals surface area contributed by atoms with E-state index in [0.29, 0.717) is 23.1 Å². The fourth-order valence-electron chi connectivity index (χ4n) is 1.72. The molecule has 5 nitrogen and oxygen atoms in total.